The summed E-state index contributed by atoms with van der Waals surface area (Å²) in [6.07, 6.45) is 4.70. The first-order chi connectivity index (χ1) is 9.65. The van der Waals surface area contributed by atoms with Crippen molar-refractivity contribution < 1.29 is 13.9 Å². The van der Waals surface area contributed by atoms with E-state index in [-0.39, 0.29) is 5.97 Å². The van der Waals surface area contributed by atoms with Gasteiger partial charge < -0.3 is 14.9 Å². The molecule has 2 heterocycles. The van der Waals surface area contributed by atoms with Crippen LogP contribution in [0.5, 0.6) is 0 Å². The highest BCUT2D eigenvalue weighted by Crippen LogP contribution is 2.24. The second-order valence-corrected chi connectivity index (χ2v) is 5.37. The van der Waals surface area contributed by atoms with Gasteiger partial charge in [0.25, 0.3) is 0 Å². The summed E-state index contributed by atoms with van der Waals surface area (Å²) >= 11 is 0. The summed E-state index contributed by atoms with van der Waals surface area (Å²) in [5, 5.41) is 0. The number of piperidine rings is 1. The maximum atomic E-state index is 11.6. The van der Waals surface area contributed by atoms with Gasteiger partial charge in [0.05, 0.1) is 13.7 Å². The lowest BCUT2D eigenvalue weighted by molar-refractivity contribution is 0.0599. The summed E-state index contributed by atoms with van der Waals surface area (Å²) in [5.41, 5.74) is 6.21. The van der Waals surface area contributed by atoms with Crippen molar-refractivity contribution in [1.82, 2.24) is 4.90 Å². The van der Waals surface area contributed by atoms with Crippen molar-refractivity contribution in [3.8, 4) is 0 Å². The van der Waals surface area contributed by atoms with Crippen LogP contribution >= 0.6 is 0 Å². The SMILES string of the molecule is COC(=O)c1cc(CN2CCCCC2CCN)oc1C. The van der Waals surface area contributed by atoms with Crippen molar-refractivity contribution in [2.75, 3.05) is 20.2 Å². The number of aryl methyl sites for hydroxylation is 1. The van der Waals surface area contributed by atoms with Crippen LogP contribution in [0.25, 0.3) is 0 Å². The number of rotatable bonds is 5. The van der Waals surface area contributed by atoms with Gasteiger partial charge >= 0.3 is 5.97 Å². The van der Waals surface area contributed by atoms with Crippen molar-refractivity contribution in [3.63, 3.8) is 0 Å². The molecule has 0 aromatic carbocycles. The van der Waals surface area contributed by atoms with E-state index in [9.17, 15) is 4.79 Å². The highest BCUT2D eigenvalue weighted by atomic mass is 16.5. The first-order valence-electron chi connectivity index (χ1n) is 7.27. The summed E-state index contributed by atoms with van der Waals surface area (Å²) in [4.78, 5) is 14.0. The van der Waals surface area contributed by atoms with E-state index in [1.807, 2.05) is 0 Å². The van der Waals surface area contributed by atoms with Crippen LogP contribution in [0.3, 0.4) is 0 Å². The van der Waals surface area contributed by atoms with Gasteiger partial charge in [-0.2, -0.15) is 0 Å². The topological polar surface area (TPSA) is 68.7 Å². The van der Waals surface area contributed by atoms with Crippen molar-refractivity contribution in [2.45, 2.75) is 45.2 Å². The van der Waals surface area contributed by atoms with Gasteiger partial charge in [-0.15, -0.1) is 0 Å². The first kappa shape index (κ1) is 15.1. The molecule has 1 atom stereocenters. The maximum Gasteiger partial charge on any atom is 0.341 e. The van der Waals surface area contributed by atoms with Crippen LogP contribution in [0.4, 0.5) is 0 Å². The fourth-order valence-corrected chi connectivity index (χ4v) is 2.92. The van der Waals surface area contributed by atoms with E-state index in [0.29, 0.717) is 23.9 Å². The molecule has 1 aliphatic heterocycles. The van der Waals surface area contributed by atoms with Crippen LogP contribution in [0.2, 0.25) is 0 Å². The number of ether oxygens (including phenoxy) is 1. The molecule has 0 aliphatic carbocycles. The van der Waals surface area contributed by atoms with Crippen LogP contribution in [0.1, 0.15) is 47.6 Å². The average molecular weight is 280 g/mol. The molecule has 20 heavy (non-hydrogen) atoms. The molecule has 1 fully saturated rings. The molecule has 0 bridgehead atoms. The summed E-state index contributed by atoms with van der Waals surface area (Å²) in [5.74, 6) is 1.11. The summed E-state index contributed by atoms with van der Waals surface area (Å²) in [6.45, 7) is 4.32. The van der Waals surface area contributed by atoms with Gasteiger partial charge in [-0.3, -0.25) is 4.90 Å². The zero-order valence-corrected chi connectivity index (χ0v) is 12.4. The second kappa shape index (κ2) is 6.90. The van der Waals surface area contributed by atoms with Gasteiger partial charge in [0.15, 0.2) is 0 Å². The Labute approximate surface area is 120 Å². The fourth-order valence-electron chi connectivity index (χ4n) is 2.92. The van der Waals surface area contributed by atoms with E-state index < -0.39 is 0 Å². The number of nitrogens with two attached hydrogens (primary N) is 1. The fraction of sp³-hybridized carbons (Fsp3) is 0.667. The minimum Gasteiger partial charge on any atom is -0.465 e. The van der Waals surface area contributed by atoms with Gasteiger partial charge in [0, 0.05) is 6.04 Å². The quantitative estimate of drug-likeness (QED) is 0.836. The van der Waals surface area contributed by atoms with E-state index >= 15 is 0 Å². The molecule has 1 aliphatic rings. The zero-order chi connectivity index (χ0) is 14.5. The van der Waals surface area contributed by atoms with E-state index in [1.54, 1.807) is 13.0 Å². The molecule has 0 saturated carbocycles. The highest BCUT2D eigenvalue weighted by molar-refractivity contribution is 5.90. The van der Waals surface area contributed by atoms with Crippen molar-refractivity contribution >= 4 is 5.97 Å². The van der Waals surface area contributed by atoms with E-state index in [4.69, 9.17) is 14.9 Å². The Morgan fingerprint density at radius 3 is 3.05 bits per heavy atom. The molecule has 5 heteroatoms. The molecule has 1 saturated heterocycles. The zero-order valence-electron chi connectivity index (χ0n) is 12.4. The van der Waals surface area contributed by atoms with Crippen molar-refractivity contribution in [3.05, 3.63) is 23.2 Å². The van der Waals surface area contributed by atoms with Crippen LogP contribution in [0.15, 0.2) is 10.5 Å². The Balaban J connectivity index is 2.06. The van der Waals surface area contributed by atoms with Gasteiger partial charge in [0.1, 0.15) is 17.1 Å². The molecule has 1 unspecified atom stereocenters. The maximum absolute atomic E-state index is 11.6. The largest absolute Gasteiger partial charge is 0.465 e. The van der Waals surface area contributed by atoms with Crippen molar-refractivity contribution in [1.29, 1.82) is 0 Å². The Hall–Kier alpha value is -1.33. The number of hydrogen-bond donors (Lipinski definition) is 1. The predicted octanol–water partition coefficient (Wildman–Crippen LogP) is 2.08. The van der Waals surface area contributed by atoms with Gasteiger partial charge in [-0.05, 0) is 45.3 Å². The summed E-state index contributed by atoms with van der Waals surface area (Å²) in [6, 6.07) is 2.33. The number of nitrogens with zero attached hydrogens (tertiary/aromatic N) is 1. The molecule has 0 amide bonds. The Bertz CT molecular complexity index is 454. The Morgan fingerprint density at radius 2 is 2.35 bits per heavy atom. The van der Waals surface area contributed by atoms with Gasteiger partial charge in [-0.25, -0.2) is 4.79 Å². The lowest BCUT2D eigenvalue weighted by Gasteiger charge is -2.34. The van der Waals surface area contributed by atoms with Crippen LogP contribution < -0.4 is 5.73 Å². The monoisotopic (exact) mass is 280 g/mol. The molecule has 1 aromatic heterocycles. The number of esters is 1. The average Bonchev–Trinajstić information content (AvgIpc) is 2.81. The summed E-state index contributed by atoms with van der Waals surface area (Å²) in [7, 11) is 1.39. The third kappa shape index (κ3) is 3.41. The standard InChI is InChI=1S/C15H24N2O3/c1-11-14(15(18)19-2)9-13(20-11)10-17-8-4-3-5-12(17)6-7-16/h9,12H,3-8,10,16H2,1-2H3. The molecule has 2 N–H and O–H groups in total. The lowest BCUT2D eigenvalue weighted by atomic mass is 9.99. The number of carbonyl (C=O) groups excluding carboxylic acids is 1. The Kier molecular flexibility index (Phi) is 5.20. The van der Waals surface area contributed by atoms with Crippen molar-refractivity contribution in [2.24, 2.45) is 5.73 Å². The molecule has 0 radical (unpaired) electrons. The van der Waals surface area contributed by atoms with Crippen LogP contribution in [0, 0.1) is 6.92 Å². The van der Waals surface area contributed by atoms with E-state index in [0.717, 1.165) is 25.3 Å². The number of carbonyl (C=O) groups is 1. The van der Waals surface area contributed by atoms with Crippen LogP contribution in [-0.2, 0) is 11.3 Å². The van der Waals surface area contributed by atoms with Gasteiger partial charge in [-0.1, -0.05) is 6.42 Å². The van der Waals surface area contributed by atoms with E-state index in [2.05, 4.69) is 4.90 Å². The molecule has 1 aromatic rings. The number of furan rings is 1. The minimum absolute atomic E-state index is 0.338. The molecule has 5 nitrogen and oxygen atoms in total. The smallest absolute Gasteiger partial charge is 0.341 e. The minimum atomic E-state index is -0.338. The summed E-state index contributed by atoms with van der Waals surface area (Å²) < 4.78 is 10.4. The molecule has 112 valence electrons. The second-order valence-electron chi connectivity index (χ2n) is 5.37. The molecule has 0 spiro atoms. The lowest BCUT2D eigenvalue weighted by Crippen LogP contribution is -2.40. The molecular weight excluding hydrogens is 256 g/mol. The molecular formula is C15H24N2O3. The van der Waals surface area contributed by atoms with Crippen LogP contribution in [-0.4, -0.2) is 37.1 Å². The predicted molar refractivity (Wildman–Crippen MR) is 76.5 cm³/mol. The van der Waals surface area contributed by atoms with E-state index in [1.165, 1.54) is 26.4 Å². The third-order valence-corrected chi connectivity index (χ3v) is 3.98. The Morgan fingerprint density at radius 1 is 1.55 bits per heavy atom. The number of methoxy groups -OCH3 is 1. The third-order valence-electron chi connectivity index (χ3n) is 3.98. The molecule has 2 rings (SSSR count). The highest BCUT2D eigenvalue weighted by Gasteiger charge is 2.24. The number of likely N-dealkylation sites (tertiary alicyclic amines) is 1. The first-order valence-corrected chi connectivity index (χ1v) is 7.27. The van der Waals surface area contributed by atoms with Gasteiger partial charge in [0.2, 0.25) is 0 Å². The number of hydrogen-bond acceptors (Lipinski definition) is 5. The normalized spacial score (nSPS) is 20.1.